The van der Waals surface area contributed by atoms with Gasteiger partial charge in [0.05, 0.1) is 24.0 Å². The van der Waals surface area contributed by atoms with Crippen molar-refractivity contribution in [3.63, 3.8) is 0 Å². The number of carboxylic acid groups (broad SMARTS) is 1. The van der Waals surface area contributed by atoms with Crippen LogP contribution >= 0.6 is 11.8 Å². The summed E-state index contributed by atoms with van der Waals surface area (Å²) in [6.45, 7) is 1.66. The van der Waals surface area contributed by atoms with Gasteiger partial charge in [0.2, 0.25) is 5.91 Å². The first-order chi connectivity index (χ1) is 11.2. The topological polar surface area (TPSA) is 185 Å². The maximum absolute atomic E-state index is 12.4. The number of aliphatic hydroxyl groups is 1. The molecule has 2 amide bonds. The minimum Gasteiger partial charge on any atom is -0.477 e. The lowest BCUT2D eigenvalue weighted by Gasteiger charge is -2.46. The Balaban J connectivity index is 2.52. The van der Waals surface area contributed by atoms with Crippen molar-refractivity contribution in [2.75, 3.05) is 12.3 Å². The van der Waals surface area contributed by atoms with Gasteiger partial charge in [-0.3, -0.25) is 14.5 Å². The van der Waals surface area contributed by atoms with Crippen LogP contribution in [0, 0.1) is 11.8 Å². The molecule has 4 atom stereocenters. The summed E-state index contributed by atoms with van der Waals surface area (Å²) in [5.41, 5.74) is 15.7. The number of aliphatic hydroxyl groups excluding tert-OH is 1. The molecule has 132 valence electrons. The van der Waals surface area contributed by atoms with Crippen molar-refractivity contribution < 1.29 is 24.6 Å². The van der Waals surface area contributed by atoms with Gasteiger partial charge in [-0.1, -0.05) is 0 Å². The van der Waals surface area contributed by atoms with Crippen LogP contribution in [0.4, 0.5) is 0 Å². The van der Waals surface area contributed by atoms with E-state index >= 15 is 0 Å². The number of aliphatic carboxylic acids is 1. The Labute approximate surface area is 141 Å². The maximum Gasteiger partial charge on any atom is 0.353 e. The molecular weight excluding hydrogens is 338 g/mol. The molecular formula is C13H19N5O5S. The molecule has 8 N–H and O–H groups in total. The summed E-state index contributed by atoms with van der Waals surface area (Å²) in [4.78, 5) is 41.0. The lowest BCUT2D eigenvalue weighted by molar-refractivity contribution is -0.164. The van der Waals surface area contributed by atoms with Gasteiger partial charge in [-0.15, -0.1) is 11.8 Å². The highest BCUT2D eigenvalue weighted by Crippen LogP contribution is 2.51. The van der Waals surface area contributed by atoms with E-state index in [0.29, 0.717) is 5.75 Å². The first-order valence-corrected chi connectivity index (χ1v) is 8.15. The van der Waals surface area contributed by atoms with Crippen LogP contribution in [-0.2, 0) is 14.4 Å². The molecule has 11 heteroatoms. The zero-order valence-corrected chi connectivity index (χ0v) is 13.7. The van der Waals surface area contributed by atoms with Crippen molar-refractivity contribution in [2.45, 2.75) is 19.1 Å². The third-order valence-corrected chi connectivity index (χ3v) is 5.09. The first-order valence-electron chi connectivity index (χ1n) is 7.17. The quantitative estimate of drug-likeness (QED) is 0.196. The highest BCUT2D eigenvalue weighted by atomic mass is 32.2. The molecule has 0 spiro atoms. The molecule has 24 heavy (non-hydrogen) atoms. The average molecular weight is 357 g/mol. The number of hydrogen-bond donors (Lipinski definition) is 5. The molecule has 0 aromatic rings. The van der Waals surface area contributed by atoms with Crippen LogP contribution in [0.25, 0.3) is 0 Å². The Bertz CT molecular complexity index is 643. The minimum atomic E-state index is -1.34. The summed E-state index contributed by atoms with van der Waals surface area (Å²) in [6.07, 6.45) is -1.04. The molecule has 0 bridgehead atoms. The second-order valence-corrected chi connectivity index (χ2v) is 6.61. The van der Waals surface area contributed by atoms with E-state index in [1.807, 2.05) is 0 Å². The van der Waals surface area contributed by atoms with E-state index in [-0.39, 0.29) is 17.1 Å². The number of nitrogens with zero attached hydrogens (tertiary/aromatic N) is 2. The Morgan fingerprint density at radius 3 is 2.50 bits per heavy atom. The molecule has 0 aromatic carbocycles. The van der Waals surface area contributed by atoms with Gasteiger partial charge >= 0.3 is 5.97 Å². The maximum atomic E-state index is 12.4. The van der Waals surface area contributed by atoms with Crippen LogP contribution in [0.15, 0.2) is 15.6 Å². The Morgan fingerprint density at radius 2 is 2.04 bits per heavy atom. The van der Waals surface area contributed by atoms with Crippen LogP contribution in [0.2, 0.25) is 0 Å². The molecule has 0 radical (unpaired) electrons. The third kappa shape index (κ3) is 2.85. The molecule has 1 saturated heterocycles. The smallest absolute Gasteiger partial charge is 0.353 e. The first kappa shape index (κ1) is 18.2. The molecule has 2 aliphatic rings. The van der Waals surface area contributed by atoms with Gasteiger partial charge in [0, 0.05) is 17.2 Å². The zero-order chi connectivity index (χ0) is 18.2. The average Bonchev–Trinajstić information content (AvgIpc) is 2.74. The largest absolute Gasteiger partial charge is 0.477 e. The molecule has 0 aromatic heterocycles. The van der Waals surface area contributed by atoms with E-state index in [4.69, 9.17) is 17.2 Å². The van der Waals surface area contributed by atoms with Crippen molar-refractivity contribution >= 4 is 35.5 Å². The van der Waals surface area contributed by atoms with Gasteiger partial charge in [0.15, 0.2) is 5.96 Å². The normalized spacial score (nSPS) is 26.7. The molecule has 1 unspecified atom stereocenters. The van der Waals surface area contributed by atoms with Crippen LogP contribution in [0.1, 0.15) is 6.92 Å². The number of fused-ring (bicyclic) bond motifs is 1. The number of hydrogen-bond acceptors (Lipinski definition) is 6. The molecule has 10 nitrogen and oxygen atoms in total. The fourth-order valence-electron chi connectivity index (χ4n) is 3.05. The van der Waals surface area contributed by atoms with Gasteiger partial charge in [-0.05, 0) is 6.92 Å². The van der Waals surface area contributed by atoms with Crippen LogP contribution in [0.5, 0.6) is 0 Å². The highest BCUT2D eigenvalue weighted by Gasteiger charge is 2.63. The van der Waals surface area contributed by atoms with Gasteiger partial charge in [-0.25, -0.2) is 4.79 Å². The number of nitrogens with two attached hydrogens (primary N) is 3. The lowest BCUT2D eigenvalue weighted by Crippen LogP contribution is -2.64. The van der Waals surface area contributed by atoms with Crippen LogP contribution in [-0.4, -0.2) is 63.3 Å². The number of carbonyl (C=O) groups excluding carboxylic acids is 2. The Morgan fingerprint density at radius 1 is 1.42 bits per heavy atom. The predicted molar refractivity (Wildman–Crippen MR) is 86.3 cm³/mol. The number of rotatable bonds is 6. The van der Waals surface area contributed by atoms with Crippen molar-refractivity contribution in [1.82, 2.24) is 4.90 Å². The summed E-state index contributed by atoms with van der Waals surface area (Å²) in [6, 6.07) is -0.820. The third-order valence-electron chi connectivity index (χ3n) is 3.89. The van der Waals surface area contributed by atoms with Gasteiger partial charge in [0.25, 0.3) is 5.91 Å². The summed E-state index contributed by atoms with van der Waals surface area (Å²) < 4.78 is 0. The molecule has 2 rings (SSSR count). The standard InChI is InChI=1S/C13H19N5O5S/c1-4(19)5-7-6(10(20)17-13(15)16)9(24-3-2-14)8(12(22)23)18(7)11(5)21/h4-7,19H,2-3,14H2,1H3,(H,22,23)(H4,15,16,17,20)/t4-,5-,6?,7-/m1/s1. The fraction of sp³-hybridized carbons (Fsp3) is 0.538. The lowest BCUT2D eigenvalue weighted by atomic mass is 9.78. The summed E-state index contributed by atoms with van der Waals surface area (Å²) in [7, 11) is 0. The fourth-order valence-corrected chi connectivity index (χ4v) is 4.13. The van der Waals surface area contributed by atoms with Gasteiger partial charge in [-0.2, -0.15) is 4.99 Å². The number of thioether (sulfide) groups is 1. The highest BCUT2D eigenvalue weighted by molar-refractivity contribution is 8.03. The van der Waals surface area contributed by atoms with Gasteiger partial charge < -0.3 is 27.4 Å². The molecule has 0 saturated carbocycles. The van der Waals surface area contributed by atoms with E-state index < -0.39 is 47.7 Å². The zero-order valence-electron chi connectivity index (χ0n) is 12.9. The molecule has 0 aliphatic carbocycles. The van der Waals surface area contributed by atoms with E-state index in [1.54, 1.807) is 0 Å². The minimum absolute atomic E-state index is 0.185. The van der Waals surface area contributed by atoms with Gasteiger partial charge in [0.1, 0.15) is 5.70 Å². The van der Waals surface area contributed by atoms with Crippen LogP contribution < -0.4 is 17.2 Å². The number of carbonyl (C=O) groups is 3. The molecule has 1 fully saturated rings. The van der Waals surface area contributed by atoms with Crippen molar-refractivity contribution in [3.05, 3.63) is 10.6 Å². The van der Waals surface area contributed by atoms with Crippen LogP contribution in [0.3, 0.4) is 0 Å². The second-order valence-electron chi connectivity index (χ2n) is 5.47. The number of guanidine groups is 1. The Kier molecular flexibility index (Phi) is 5.16. The van der Waals surface area contributed by atoms with E-state index in [2.05, 4.69) is 4.99 Å². The number of β-lactam (4-membered cyclic amide) rings is 1. The second kappa shape index (κ2) is 6.79. The summed E-state index contributed by atoms with van der Waals surface area (Å²) >= 11 is 1.07. The van der Waals surface area contributed by atoms with E-state index in [0.717, 1.165) is 16.7 Å². The molecule has 2 heterocycles. The molecule has 2 aliphatic heterocycles. The number of amides is 2. The summed E-state index contributed by atoms with van der Waals surface area (Å²) in [5.74, 6) is -4.66. The van der Waals surface area contributed by atoms with Crippen molar-refractivity contribution in [2.24, 2.45) is 34.0 Å². The monoisotopic (exact) mass is 357 g/mol. The Hall–Kier alpha value is -2.11. The van der Waals surface area contributed by atoms with E-state index in [1.165, 1.54) is 6.92 Å². The SMILES string of the molecule is C[C@@H](O)[C@H]1C(=O)N2C(C(=O)O)=C(SCCN)C(C(=O)N=C(N)N)[C@@H]12. The number of carboxylic acids is 1. The van der Waals surface area contributed by atoms with Crippen molar-refractivity contribution in [1.29, 1.82) is 0 Å². The predicted octanol–water partition coefficient (Wildman–Crippen LogP) is -2.39. The van der Waals surface area contributed by atoms with Crippen molar-refractivity contribution in [3.8, 4) is 0 Å². The summed E-state index contributed by atoms with van der Waals surface area (Å²) in [5, 5.41) is 19.3. The van der Waals surface area contributed by atoms with E-state index in [9.17, 15) is 24.6 Å². The number of aliphatic imine (C=N–C) groups is 1.